The van der Waals surface area contributed by atoms with Crippen LogP contribution in [-0.4, -0.2) is 26.9 Å². The van der Waals surface area contributed by atoms with Crippen molar-refractivity contribution in [2.24, 2.45) is 7.05 Å². The molecule has 5 nitrogen and oxygen atoms in total. The van der Waals surface area contributed by atoms with Crippen molar-refractivity contribution in [1.82, 2.24) is 19.7 Å². The van der Waals surface area contributed by atoms with Gasteiger partial charge in [-0.05, 0) is 45.2 Å². The Kier molecular flexibility index (Phi) is 3.85. The number of hydrogen-bond acceptors (Lipinski definition) is 3. The van der Waals surface area contributed by atoms with Gasteiger partial charge >= 0.3 is 0 Å². The van der Waals surface area contributed by atoms with Gasteiger partial charge in [0.05, 0.1) is 5.69 Å². The Labute approximate surface area is 125 Å². The number of nitrogens with one attached hydrogen (secondary N) is 1. The fraction of sp³-hybridized carbons (Fsp3) is 0.625. The summed E-state index contributed by atoms with van der Waals surface area (Å²) >= 11 is 0. The molecule has 1 saturated heterocycles. The van der Waals surface area contributed by atoms with Gasteiger partial charge in [-0.1, -0.05) is 6.42 Å². The van der Waals surface area contributed by atoms with Gasteiger partial charge in [-0.2, -0.15) is 5.10 Å². The molecule has 21 heavy (non-hydrogen) atoms. The van der Waals surface area contributed by atoms with Crippen LogP contribution in [0.3, 0.4) is 0 Å². The molecule has 0 aliphatic carbocycles. The van der Waals surface area contributed by atoms with Crippen LogP contribution < -0.4 is 10.9 Å². The van der Waals surface area contributed by atoms with Crippen molar-refractivity contribution in [3.05, 3.63) is 27.7 Å². The first-order valence-corrected chi connectivity index (χ1v) is 7.85. The number of pyridine rings is 1. The number of piperidine rings is 1. The summed E-state index contributed by atoms with van der Waals surface area (Å²) in [5.74, 6) is 0. The summed E-state index contributed by atoms with van der Waals surface area (Å²) in [6.45, 7) is 5.86. The lowest BCUT2D eigenvalue weighted by atomic mass is 10.0. The lowest BCUT2D eigenvalue weighted by molar-refractivity contribution is 0.366. The number of aromatic nitrogens is 3. The molecule has 5 heteroatoms. The molecule has 0 radical (unpaired) electrons. The van der Waals surface area contributed by atoms with Crippen molar-refractivity contribution in [3.8, 4) is 0 Å². The predicted molar refractivity (Wildman–Crippen MR) is 84.7 cm³/mol. The quantitative estimate of drug-likeness (QED) is 0.938. The molecule has 3 heterocycles. The van der Waals surface area contributed by atoms with Crippen LogP contribution in [0.2, 0.25) is 0 Å². The standard InChI is InChI=1S/C16H24N4O/c1-11-10-14(21)20(9-7-13-6-4-5-8-17-13)16-15(11)12(2)18-19(16)3/h10,13,17H,4-9H2,1-3H3. The molecule has 1 atom stereocenters. The lowest BCUT2D eigenvalue weighted by Crippen LogP contribution is -2.35. The molecule has 1 aliphatic rings. The van der Waals surface area contributed by atoms with Crippen molar-refractivity contribution in [2.45, 2.75) is 52.1 Å². The second-order valence-electron chi connectivity index (χ2n) is 6.16. The van der Waals surface area contributed by atoms with Gasteiger partial charge in [-0.25, -0.2) is 0 Å². The summed E-state index contributed by atoms with van der Waals surface area (Å²) in [6.07, 6.45) is 4.78. The van der Waals surface area contributed by atoms with E-state index in [0.29, 0.717) is 6.04 Å². The molecule has 2 aromatic heterocycles. The number of nitrogens with zero attached hydrogens (tertiary/aromatic N) is 3. The van der Waals surface area contributed by atoms with Gasteiger partial charge in [0.25, 0.3) is 5.56 Å². The van der Waals surface area contributed by atoms with Crippen molar-refractivity contribution >= 4 is 11.0 Å². The van der Waals surface area contributed by atoms with Crippen LogP contribution in [0.25, 0.3) is 11.0 Å². The van der Waals surface area contributed by atoms with Crippen molar-refractivity contribution in [3.63, 3.8) is 0 Å². The maximum Gasteiger partial charge on any atom is 0.252 e. The Balaban J connectivity index is 1.95. The van der Waals surface area contributed by atoms with Gasteiger partial charge < -0.3 is 5.32 Å². The molecule has 1 unspecified atom stereocenters. The van der Waals surface area contributed by atoms with E-state index in [1.54, 1.807) is 6.07 Å². The van der Waals surface area contributed by atoms with E-state index in [1.807, 2.05) is 30.1 Å². The van der Waals surface area contributed by atoms with E-state index < -0.39 is 0 Å². The van der Waals surface area contributed by atoms with Gasteiger partial charge in [0, 0.05) is 31.1 Å². The monoisotopic (exact) mass is 288 g/mol. The smallest absolute Gasteiger partial charge is 0.252 e. The van der Waals surface area contributed by atoms with Crippen LogP contribution in [0.1, 0.15) is 36.9 Å². The first-order chi connectivity index (χ1) is 10.1. The normalized spacial score (nSPS) is 19.3. The van der Waals surface area contributed by atoms with Crippen LogP contribution >= 0.6 is 0 Å². The molecule has 0 bridgehead atoms. The average Bonchev–Trinajstić information content (AvgIpc) is 2.75. The molecule has 2 aromatic rings. The summed E-state index contributed by atoms with van der Waals surface area (Å²) in [5.41, 5.74) is 3.05. The van der Waals surface area contributed by atoms with Crippen molar-refractivity contribution < 1.29 is 0 Å². The van der Waals surface area contributed by atoms with Crippen molar-refractivity contribution in [2.75, 3.05) is 6.54 Å². The van der Waals surface area contributed by atoms with Gasteiger partial charge in [0.15, 0.2) is 0 Å². The third-order valence-corrected chi connectivity index (χ3v) is 4.56. The Bertz CT molecular complexity index is 707. The van der Waals surface area contributed by atoms with E-state index in [4.69, 9.17) is 0 Å². The third kappa shape index (κ3) is 2.62. The topological polar surface area (TPSA) is 51.9 Å². The number of fused-ring (bicyclic) bond motifs is 1. The second kappa shape index (κ2) is 5.64. The van der Waals surface area contributed by atoms with Gasteiger partial charge in [0.2, 0.25) is 0 Å². The molecule has 0 saturated carbocycles. The van der Waals surface area contributed by atoms with Gasteiger partial charge in [-0.3, -0.25) is 14.0 Å². The fourth-order valence-corrected chi connectivity index (χ4v) is 3.53. The van der Waals surface area contributed by atoms with E-state index in [0.717, 1.165) is 41.8 Å². The van der Waals surface area contributed by atoms with Crippen molar-refractivity contribution in [1.29, 1.82) is 0 Å². The zero-order valence-electron chi connectivity index (χ0n) is 13.1. The summed E-state index contributed by atoms with van der Waals surface area (Å²) in [4.78, 5) is 12.4. The summed E-state index contributed by atoms with van der Waals surface area (Å²) in [7, 11) is 1.92. The molecular weight excluding hydrogens is 264 g/mol. The van der Waals surface area contributed by atoms with E-state index >= 15 is 0 Å². The minimum absolute atomic E-state index is 0.0822. The van der Waals surface area contributed by atoms with E-state index in [-0.39, 0.29) is 5.56 Å². The highest BCUT2D eigenvalue weighted by molar-refractivity contribution is 5.82. The minimum Gasteiger partial charge on any atom is -0.314 e. The molecule has 1 N–H and O–H groups in total. The zero-order chi connectivity index (χ0) is 15.0. The lowest BCUT2D eigenvalue weighted by Gasteiger charge is -2.23. The molecule has 114 valence electrons. The Hall–Kier alpha value is -1.62. The summed E-state index contributed by atoms with van der Waals surface area (Å²) < 4.78 is 3.73. The van der Waals surface area contributed by atoms with Crippen LogP contribution in [-0.2, 0) is 13.6 Å². The fourth-order valence-electron chi connectivity index (χ4n) is 3.53. The first kappa shape index (κ1) is 14.3. The van der Waals surface area contributed by atoms with E-state index in [1.165, 1.54) is 19.3 Å². The minimum atomic E-state index is 0.0822. The highest BCUT2D eigenvalue weighted by atomic mass is 16.1. The largest absolute Gasteiger partial charge is 0.314 e. The first-order valence-electron chi connectivity index (χ1n) is 7.85. The highest BCUT2D eigenvalue weighted by Gasteiger charge is 2.16. The number of aryl methyl sites for hydroxylation is 4. The molecule has 1 aliphatic heterocycles. The Morgan fingerprint density at radius 1 is 1.38 bits per heavy atom. The third-order valence-electron chi connectivity index (χ3n) is 4.56. The molecule has 3 rings (SSSR count). The van der Waals surface area contributed by atoms with Crippen LogP contribution in [0.5, 0.6) is 0 Å². The molecule has 1 fully saturated rings. The maximum atomic E-state index is 12.4. The summed E-state index contributed by atoms with van der Waals surface area (Å²) in [5, 5.41) is 9.16. The Morgan fingerprint density at radius 3 is 2.90 bits per heavy atom. The number of rotatable bonds is 3. The zero-order valence-corrected chi connectivity index (χ0v) is 13.1. The van der Waals surface area contributed by atoms with Crippen LogP contribution in [0.15, 0.2) is 10.9 Å². The van der Waals surface area contributed by atoms with E-state index in [9.17, 15) is 4.79 Å². The molecular formula is C16H24N4O. The Morgan fingerprint density at radius 2 is 2.19 bits per heavy atom. The van der Waals surface area contributed by atoms with Gasteiger partial charge in [0.1, 0.15) is 5.65 Å². The molecule has 0 spiro atoms. The average molecular weight is 288 g/mol. The molecule has 0 aromatic carbocycles. The van der Waals surface area contributed by atoms with Gasteiger partial charge in [-0.15, -0.1) is 0 Å². The maximum absolute atomic E-state index is 12.4. The SMILES string of the molecule is Cc1cc(=O)n(CCC2CCCCN2)c2c1c(C)nn2C. The molecule has 0 amide bonds. The predicted octanol–water partition coefficient (Wildman–Crippen LogP) is 1.88. The summed E-state index contributed by atoms with van der Waals surface area (Å²) in [6, 6.07) is 2.28. The number of hydrogen-bond donors (Lipinski definition) is 1. The van der Waals surface area contributed by atoms with Crippen LogP contribution in [0, 0.1) is 13.8 Å². The second-order valence-corrected chi connectivity index (χ2v) is 6.16. The highest BCUT2D eigenvalue weighted by Crippen LogP contribution is 2.20. The van der Waals surface area contributed by atoms with E-state index in [2.05, 4.69) is 10.4 Å². The van der Waals surface area contributed by atoms with Crippen LogP contribution in [0.4, 0.5) is 0 Å².